The molecular formula is C7H9F8NO2S. The molecule has 0 aliphatic carbocycles. The molecule has 1 N–H and O–H groups in total. The molecular weight excluding hydrogens is 314 g/mol. The molecule has 0 heterocycles. The van der Waals surface area contributed by atoms with E-state index in [0.717, 1.165) is 4.72 Å². The van der Waals surface area contributed by atoms with E-state index in [0.29, 0.717) is 0 Å². The molecule has 0 aromatic carbocycles. The fraction of sp³-hybridized carbons (Fsp3) is 1.00. The summed E-state index contributed by atoms with van der Waals surface area (Å²) in [6.07, 6.45) is -0.625. The SMILES string of the molecule is O=S(=O)(NCCCF)C(F)(F)C(F)(F)C(F)(F)CF. The zero-order valence-electron chi connectivity index (χ0n) is 9.08. The molecule has 0 aromatic heterocycles. The predicted octanol–water partition coefficient (Wildman–Crippen LogP) is 2.10. The van der Waals surface area contributed by atoms with Crippen LogP contribution in [0.3, 0.4) is 0 Å². The smallest absolute Gasteiger partial charge is 0.251 e. The van der Waals surface area contributed by atoms with Gasteiger partial charge >= 0.3 is 17.1 Å². The summed E-state index contributed by atoms with van der Waals surface area (Å²) < 4.78 is 122. The van der Waals surface area contributed by atoms with Gasteiger partial charge in [-0.3, -0.25) is 4.39 Å². The van der Waals surface area contributed by atoms with Crippen LogP contribution in [0.25, 0.3) is 0 Å². The molecule has 0 radical (unpaired) electrons. The lowest BCUT2D eigenvalue weighted by Crippen LogP contribution is -2.61. The van der Waals surface area contributed by atoms with Crippen LogP contribution in [-0.2, 0) is 10.0 Å². The lowest BCUT2D eigenvalue weighted by Gasteiger charge is -2.30. The van der Waals surface area contributed by atoms with Crippen molar-refractivity contribution in [2.45, 2.75) is 23.5 Å². The topological polar surface area (TPSA) is 46.2 Å². The van der Waals surface area contributed by atoms with Crippen molar-refractivity contribution >= 4 is 10.0 Å². The summed E-state index contributed by atoms with van der Waals surface area (Å²) in [5, 5.41) is -6.26. The molecule has 3 nitrogen and oxygen atoms in total. The van der Waals surface area contributed by atoms with Crippen molar-refractivity contribution in [3.05, 3.63) is 0 Å². The number of alkyl halides is 8. The van der Waals surface area contributed by atoms with Crippen molar-refractivity contribution in [3.8, 4) is 0 Å². The second-order valence-corrected chi connectivity index (χ2v) is 5.18. The molecule has 0 aromatic rings. The Bertz CT molecular complexity index is 396. The Morgan fingerprint density at radius 2 is 1.42 bits per heavy atom. The molecule has 12 heteroatoms. The molecule has 0 saturated heterocycles. The molecule has 0 aliphatic heterocycles. The molecule has 0 unspecified atom stereocenters. The lowest BCUT2D eigenvalue weighted by molar-refractivity contribution is -0.283. The zero-order valence-corrected chi connectivity index (χ0v) is 9.89. The Labute approximate surface area is 103 Å². The largest absolute Gasteiger partial charge is 0.426 e. The van der Waals surface area contributed by atoms with Gasteiger partial charge in [-0.25, -0.2) is 17.5 Å². The number of nitrogens with one attached hydrogen (secondary N) is 1. The highest BCUT2D eigenvalue weighted by Crippen LogP contribution is 2.48. The van der Waals surface area contributed by atoms with Gasteiger partial charge in [-0.2, -0.15) is 26.3 Å². The summed E-state index contributed by atoms with van der Waals surface area (Å²) >= 11 is 0. The maximum Gasteiger partial charge on any atom is 0.426 e. The fourth-order valence-corrected chi connectivity index (χ4v) is 1.91. The number of sulfonamides is 1. The van der Waals surface area contributed by atoms with E-state index in [2.05, 4.69) is 0 Å². The first kappa shape index (κ1) is 18.4. The summed E-state index contributed by atoms with van der Waals surface area (Å²) in [7, 11) is -6.23. The molecule has 19 heavy (non-hydrogen) atoms. The van der Waals surface area contributed by atoms with Gasteiger partial charge in [0.2, 0.25) is 0 Å². The van der Waals surface area contributed by atoms with Gasteiger partial charge < -0.3 is 0 Å². The van der Waals surface area contributed by atoms with E-state index in [1.165, 1.54) is 0 Å². The Hall–Kier alpha value is -0.650. The van der Waals surface area contributed by atoms with E-state index < -0.39 is 53.4 Å². The molecule has 0 amide bonds. The van der Waals surface area contributed by atoms with E-state index >= 15 is 0 Å². The second-order valence-electron chi connectivity index (χ2n) is 3.37. The highest BCUT2D eigenvalue weighted by molar-refractivity contribution is 7.90. The molecule has 0 atom stereocenters. The van der Waals surface area contributed by atoms with Crippen LogP contribution < -0.4 is 4.72 Å². The zero-order chi connectivity index (χ0) is 15.5. The Morgan fingerprint density at radius 3 is 1.79 bits per heavy atom. The van der Waals surface area contributed by atoms with Gasteiger partial charge in [0.1, 0.15) is 0 Å². The van der Waals surface area contributed by atoms with Crippen molar-refractivity contribution in [2.75, 3.05) is 19.9 Å². The number of halogens is 8. The third-order valence-electron chi connectivity index (χ3n) is 1.93. The second kappa shape index (κ2) is 5.77. The van der Waals surface area contributed by atoms with Crippen LogP contribution in [0.4, 0.5) is 35.1 Å². The Morgan fingerprint density at radius 1 is 0.947 bits per heavy atom. The third-order valence-corrected chi connectivity index (χ3v) is 3.45. The summed E-state index contributed by atoms with van der Waals surface area (Å²) in [6.45, 7) is -5.31. The monoisotopic (exact) mass is 323 g/mol. The van der Waals surface area contributed by atoms with Crippen LogP contribution in [-0.4, -0.2) is 45.4 Å². The normalized spacial score (nSPS) is 14.7. The summed E-state index contributed by atoms with van der Waals surface area (Å²) in [5.74, 6) is -12.3. The highest BCUT2D eigenvalue weighted by Gasteiger charge is 2.77. The van der Waals surface area contributed by atoms with E-state index in [1.807, 2.05) is 0 Å². The average Bonchev–Trinajstić information content (AvgIpc) is 2.28. The van der Waals surface area contributed by atoms with E-state index in [1.54, 1.807) is 0 Å². The van der Waals surface area contributed by atoms with Crippen LogP contribution >= 0.6 is 0 Å². The first-order valence-electron chi connectivity index (χ1n) is 4.62. The quantitative estimate of drug-likeness (QED) is 0.549. The molecule has 0 bridgehead atoms. The van der Waals surface area contributed by atoms with Crippen LogP contribution in [0.2, 0.25) is 0 Å². The van der Waals surface area contributed by atoms with Crippen molar-refractivity contribution in [1.82, 2.24) is 4.72 Å². The third kappa shape index (κ3) is 3.27. The van der Waals surface area contributed by atoms with Crippen LogP contribution in [0, 0.1) is 0 Å². The first-order valence-corrected chi connectivity index (χ1v) is 6.10. The van der Waals surface area contributed by atoms with E-state index in [9.17, 15) is 43.5 Å². The van der Waals surface area contributed by atoms with Crippen molar-refractivity contribution in [3.63, 3.8) is 0 Å². The molecule has 0 spiro atoms. The maximum absolute atomic E-state index is 12.9. The van der Waals surface area contributed by atoms with E-state index in [-0.39, 0.29) is 0 Å². The van der Waals surface area contributed by atoms with Gasteiger partial charge in [-0.1, -0.05) is 0 Å². The van der Waals surface area contributed by atoms with Gasteiger partial charge in [0.05, 0.1) is 6.67 Å². The van der Waals surface area contributed by atoms with Crippen LogP contribution in [0.5, 0.6) is 0 Å². The van der Waals surface area contributed by atoms with Crippen LogP contribution in [0.1, 0.15) is 6.42 Å². The van der Waals surface area contributed by atoms with Gasteiger partial charge in [-0.15, -0.1) is 0 Å². The minimum atomic E-state index is -6.46. The first-order chi connectivity index (χ1) is 8.37. The number of hydrogen-bond donors (Lipinski definition) is 1. The maximum atomic E-state index is 12.9. The minimum Gasteiger partial charge on any atom is -0.251 e. The predicted molar refractivity (Wildman–Crippen MR) is 48.3 cm³/mol. The van der Waals surface area contributed by atoms with Crippen molar-refractivity contribution < 1.29 is 43.5 Å². The highest BCUT2D eigenvalue weighted by atomic mass is 32.2. The van der Waals surface area contributed by atoms with Gasteiger partial charge in [0.15, 0.2) is 6.67 Å². The van der Waals surface area contributed by atoms with E-state index in [4.69, 9.17) is 0 Å². The van der Waals surface area contributed by atoms with Gasteiger partial charge in [0, 0.05) is 6.54 Å². The van der Waals surface area contributed by atoms with Gasteiger partial charge in [0.25, 0.3) is 10.0 Å². The molecule has 0 aliphatic rings. The molecule has 0 rings (SSSR count). The molecule has 0 saturated carbocycles. The summed E-state index contributed by atoms with van der Waals surface area (Å²) in [6, 6.07) is 0. The number of hydrogen-bond acceptors (Lipinski definition) is 2. The minimum absolute atomic E-state index is 0.625. The molecule has 116 valence electrons. The van der Waals surface area contributed by atoms with Crippen LogP contribution in [0.15, 0.2) is 0 Å². The standard InChI is InChI=1S/C7H9F8NO2S/c8-2-1-3-16-19(17,18)7(14,15)6(12,13)5(10,11)4-9/h16H,1-4H2. The fourth-order valence-electron chi connectivity index (χ4n) is 0.830. The lowest BCUT2D eigenvalue weighted by atomic mass is 10.2. The Kier molecular flexibility index (Phi) is 5.57. The summed E-state index contributed by atoms with van der Waals surface area (Å²) in [5.41, 5.74) is 0. The average molecular weight is 323 g/mol. The summed E-state index contributed by atoms with van der Waals surface area (Å²) in [4.78, 5) is 0. The Balaban J connectivity index is 5.35. The van der Waals surface area contributed by atoms with Crippen molar-refractivity contribution in [2.24, 2.45) is 0 Å². The van der Waals surface area contributed by atoms with Gasteiger partial charge in [-0.05, 0) is 6.42 Å². The molecule has 0 fully saturated rings. The van der Waals surface area contributed by atoms with Crippen molar-refractivity contribution in [1.29, 1.82) is 0 Å². The number of rotatable bonds is 8.